The molecule has 1 aromatic heterocycles. The van der Waals surface area contributed by atoms with Gasteiger partial charge in [0.15, 0.2) is 0 Å². The van der Waals surface area contributed by atoms with Gasteiger partial charge < -0.3 is 9.80 Å². The van der Waals surface area contributed by atoms with Crippen molar-refractivity contribution in [3.63, 3.8) is 0 Å². The largest absolute Gasteiger partial charge is 0.341 e. The van der Waals surface area contributed by atoms with Gasteiger partial charge in [-0.25, -0.2) is 9.37 Å². The Bertz CT molecular complexity index is 987. The highest BCUT2D eigenvalue weighted by Gasteiger charge is 2.23. The summed E-state index contributed by atoms with van der Waals surface area (Å²) in [6, 6.07) is 16.8. The predicted octanol–water partition coefficient (Wildman–Crippen LogP) is 3.05. The zero-order chi connectivity index (χ0) is 21.6. The van der Waals surface area contributed by atoms with Crippen LogP contribution in [-0.4, -0.2) is 64.8 Å². The molecule has 1 aliphatic heterocycles. The first-order valence-corrected chi connectivity index (χ1v) is 11.2. The summed E-state index contributed by atoms with van der Waals surface area (Å²) in [5, 5.41) is 0.716. The fourth-order valence-electron chi connectivity index (χ4n) is 3.62. The van der Waals surface area contributed by atoms with Gasteiger partial charge >= 0.3 is 0 Å². The van der Waals surface area contributed by atoms with Crippen molar-refractivity contribution in [3.8, 4) is 0 Å². The van der Waals surface area contributed by atoms with Gasteiger partial charge in [0.2, 0.25) is 11.0 Å². The average molecular weight is 440 g/mol. The summed E-state index contributed by atoms with van der Waals surface area (Å²) in [7, 11) is 1.87. The second-order valence-electron chi connectivity index (χ2n) is 7.80. The van der Waals surface area contributed by atoms with E-state index < -0.39 is 0 Å². The normalized spacial score (nSPS) is 14.6. The SMILES string of the molecule is CN(CC(=O)N1CCN(Cc2ccccc2)CC1)c1nc(Cc2ccc(F)cc2)ns1. The van der Waals surface area contributed by atoms with E-state index in [4.69, 9.17) is 0 Å². The van der Waals surface area contributed by atoms with Gasteiger partial charge in [0.1, 0.15) is 11.6 Å². The van der Waals surface area contributed by atoms with Crippen LogP contribution in [0.15, 0.2) is 54.6 Å². The summed E-state index contributed by atoms with van der Waals surface area (Å²) >= 11 is 1.28. The molecule has 1 aliphatic rings. The molecular weight excluding hydrogens is 413 g/mol. The van der Waals surface area contributed by atoms with Gasteiger partial charge in [-0.15, -0.1) is 0 Å². The number of aromatic nitrogens is 2. The van der Waals surface area contributed by atoms with Gasteiger partial charge in [-0.05, 0) is 23.3 Å². The Morgan fingerprint density at radius 1 is 1.03 bits per heavy atom. The molecule has 4 rings (SSSR count). The van der Waals surface area contributed by atoms with Crippen molar-refractivity contribution in [2.75, 3.05) is 44.7 Å². The molecule has 162 valence electrons. The third-order valence-corrected chi connectivity index (χ3v) is 6.27. The van der Waals surface area contributed by atoms with E-state index >= 15 is 0 Å². The minimum Gasteiger partial charge on any atom is -0.341 e. The molecule has 1 amide bonds. The fraction of sp³-hybridized carbons (Fsp3) is 0.348. The highest BCUT2D eigenvalue weighted by atomic mass is 32.1. The number of anilines is 1. The topological polar surface area (TPSA) is 52.6 Å². The Balaban J connectivity index is 1.25. The van der Waals surface area contributed by atoms with Crippen molar-refractivity contribution in [1.29, 1.82) is 0 Å². The Kier molecular flexibility index (Phi) is 6.89. The number of carbonyl (C=O) groups is 1. The zero-order valence-electron chi connectivity index (χ0n) is 17.6. The zero-order valence-corrected chi connectivity index (χ0v) is 18.4. The van der Waals surface area contributed by atoms with Crippen LogP contribution >= 0.6 is 11.5 Å². The molecule has 2 heterocycles. The fourth-order valence-corrected chi connectivity index (χ4v) is 4.27. The highest BCUT2D eigenvalue weighted by molar-refractivity contribution is 7.09. The van der Waals surface area contributed by atoms with E-state index in [1.165, 1.54) is 29.2 Å². The van der Waals surface area contributed by atoms with Crippen molar-refractivity contribution in [1.82, 2.24) is 19.2 Å². The predicted molar refractivity (Wildman–Crippen MR) is 121 cm³/mol. The first-order valence-electron chi connectivity index (χ1n) is 10.4. The van der Waals surface area contributed by atoms with E-state index in [0.29, 0.717) is 17.4 Å². The lowest BCUT2D eigenvalue weighted by Crippen LogP contribution is -2.50. The number of hydrogen-bond acceptors (Lipinski definition) is 6. The second-order valence-corrected chi connectivity index (χ2v) is 8.53. The smallest absolute Gasteiger partial charge is 0.242 e. The van der Waals surface area contributed by atoms with E-state index in [1.807, 2.05) is 22.9 Å². The summed E-state index contributed by atoms with van der Waals surface area (Å²) < 4.78 is 17.4. The van der Waals surface area contributed by atoms with Crippen LogP contribution in [0.1, 0.15) is 17.0 Å². The number of piperazine rings is 1. The standard InChI is InChI=1S/C23H26FN5OS/c1-27(23-25-21(26-31-23)15-18-7-9-20(24)10-8-18)17-22(30)29-13-11-28(12-14-29)16-19-5-3-2-4-6-19/h2-10H,11-17H2,1H3. The minimum absolute atomic E-state index is 0.108. The summed E-state index contributed by atoms with van der Waals surface area (Å²) in [5.41, 5.74) is 2.26. The lowest BCUT2D eigenvalue weighted by molar-refractivity contribution is -0.131. The van der Waals surface area contributed by atoms with Crippen LogP contribution in [0.25, 0.3) is 0 Å². The van der Waals surface area contributed by atoms with Crippen LogP contribution in [-0.2, 0) is 17.8 Å². The summed E-state index contributed by atoms with van der Waals surface area (Å²) in [4.78, 5) is 23.5. The molecule has 0 N–H and O–H groups in total. The molecule has 1 fully saturated rings. The number of carbonyl (C=O) groups excluding carboxylic acids is 1. The Morgan fingerprint density at radius 2 is 1.74 bits per heavy atom. The average Bonchev–Trinajstić information content (AvgIpc) is 3.25. The number of likely N-dealkylation sites (N-methyl/N-ethyl adjacent to an activating group) is 1. The molecule has 6 nitrogen and oxygen atoms in total. The molecule has 0 saturated carbocycles. The molecule has 0 spiro atoms. The van der Waals surface area contributed by atoms with E-state index in [9.17, 15) is 9.18 Å². The van der Waals surface area contributed by atoms with Gasteiger partial charge in [-0.1, -0.05) is 42.5 Å². The first kappa shape index (κ1) is 21.4. The van der Waals surface area contributed by atoms with Crippen LogP contribution in [0.3, 0.4) is 0 Å². The summed E-state index contributed by atoms with van der Waals surface area (Å²) in [5.74, 6) is 0.535. The van der Waals surface area contributed by atoms with Crippen LogP contribution < -0.4 is 4.90 Å². The van der Waals surface area contributed by atoms with E-state index in [-0.39, 0.29) is 18.3 Å². The number of nitrogens with zero attached hydrogens (tertiary/aromatic N) is 5. The summed E-state index contributed by atoms with van der Waals surface area (Å²) in [6.07, 6.45) is 0.544. The van der Waals surface area contributed by atoms with Crippen molar-refractivity contribution >= 4 is 22.6 Å². The summed E-state index contributed by atoms with van der Waals surface area (Å²) in [6.45, 7) is 4.45. The maximum absolute atomic E-state index is 13.1. The lowest BCUT2D eigenvalue weighted by Gasteiger charge is -2.35. The van der Waals surface area contributed by atoms with Crippen LogP contribution in [0, 0.1) is 5.82 Å². The minimum atomic E-state index is -0.255. The highest BCUT2D eigenvalue weighted by Crippen LogP contribution is 2.18. The number of amides is 1. The second kappa shape index (κ2) is 9.98. The van der Waals surface area contributed by atoms with Crippen molar-refractivity contribution in [3.05, 3.63) is 77.4 Å². The van der Waals surface area contributed by atoms with Gasteiger partial charge in [-0.2, -0.15) is 4.37 Å². The Hall–Kier alpha value is -2.84. The first-order chi connectivity index (χ1) is 15.1. The van der Waals surface area contributed by atoms with E-state index in [1.54, 1.807) is 12.1 Å². The molecule has 2 aromatic carbocycles. The molecule has 0 atom stereocenters. The number of benzene rings is 2. The van der Waals surface area contributed by atoms with Gasteiger partial charge in [0, 0.05) is 57.7 Å². The maximum Gasteiger partial charge on any atom is 0.242 e. The van der Waals surface area contributed by atoms with Gasteiger partial charge in [0.25, 0.3) is 0 Å². The molecule has 31 heavy (non-hydrogen) atoms. The maximum atomic E-state index is 13.1. The van der Waals surface area contributed by atoms with Crippen molar-refractivity contribution < 1.29 is 9.18 Å². The molecular formula is C23H26FN5OS. The molecule has 8 heteroatoms. The molecule has 3 aromatic rings. The van der Waals surface area contributed by atoms with Crippen LogP contribution in [0.4, 0.5) is 9.52 Å². The third-order valence-electron chi connectivity index (χ3n) is 5.41. The van der Waals surface area contributed by atoms with E-state index in [0.717, 1.165) is 38.3 Å². The lowest BCUT2D eigenvalue weighted by atomic mass is 10.1. The molecule has 0 bridgehead atoms. The van der Waals surface area contributed by atoms with Crippen molar-refractivity contribution in [2.45, 2.75) is 13.0 Å². The van der Waals surface area contributed by atoms with Crippen LogP contribution in [0.5, 0.6) is 0 Å². The molecule has 0 aliphatic carbocycles. The monoisotopic (exact) mass is 439 g/mol. The van der Waals surface area contributed by atoms with Gasteiger partial charge in [0.05, 0.1) is 6.54 Å². The van der Waals surface area contributed by atoms with Crippen LogP contribution in [0.2, 0.25) is 0 Å². The third kappa shape index (κ3) is 5.86. The van der Waals surface area contributed by atoms with Gasteiger partial charge in [-0.3, -0.25) is 9.69 Å². The molecule has 0 unspecified atom stereocenters. The number of hydrogen-bond donors (Lipinski definition) is 0. The Labute approximate surface area is 186 Å². The quantitative estimate of drug-likeness (QED) is 0.566. The number of halogens is 1. The molecule has 1 saturated heterocycles. The van der Waals surface area contributed by atoms with E-state index in [2.05, 4.69) is 38.5 Å². The van der Waals surface area contributed by atoms with Crippen molar-refractivity contribution in [2.24, 2.45) is 0 Å². The Morgan fingerprint density at radius 3 is 2.45 bits per heavy atom. The number of rotatable bonds is 7. The molecule has 0 radical (unpaired) electrons.